The van der Waals surface area contributed by atoms with Crippen LogP contribution in [0.5, 0.6) is 0 Å². The van der Waals surface area contributed by atoms with E-state index in [0.717, 1.165) is 0 Å². The summed E-state index contributed by atoms with van der Waals surface area (Å²) in [6.45, 7) is 6.67. The van der Waals surface area contributed by atoms with Gasteiger partial charge in [0.2, 0.25) is 0 Å². The van der Waals surface area contributed by atoms with Crippen molar-refractivity contribution >= 4 is 9.84 Å². The third-order valence-electron chi connectivity index (χ3n) is 1.95. The molecule has 0 bridgehead atoms. The molecule has 0 N–H and O–H groups in total. The van der Waals surface area contributed by atoms with E-state index >= 15 is 0 Å². The van der Waals surface area contributed by atoms with Gasteiger partial charge in [-0.2, -0.15) is 0 Å². The van der Waals surface area contributed by atoms with Crippen molar-refractivity contribution in [2.45, 2.75) is 26.2 Å². The fourth-order valence-electron chi connectivity index (χ4n) is 0.972. The zero-order valence-electron chi connectivity index (χ0n) is 10.3. The third-order valence-corrected chi connectivity index (χ3v) is 2.57. The topological polar surface area (TPSA) is 34.1 Å². The van der Waals surface area contributed by atoms with Gasteiger partial charge in [0, 0.05) is 10.5 Å². The molecule has 0 amide bonds. The second-order valence-electron chi connectivity index (χ2n) is 4.36. The van der Waals surface area contributed by atoms with E-state index in [4.69, 9.17) is 0 Å². The van der Waals surface area contributed by atoms with Crippen LogP contribution in [-0.4, -0.2) is 8.42 Å². The first-order chi connectivity index (χ1) is 7.73. The van der Waals surface area contributed by atoms with E-state index in [2.05, 4.69) is 63.9 Å². The molecule has 2 nitrogen and oxygen atoms in total. The van der Waals surface area contributed by atoms with Crippen LogP contribution < -0.4 is 0 Å². The molecule has 0 aromatic heterocycles. The summed E-state index contributed by atoms with van der Waals surface area (Å²) in [7, 11) is -3.60. The molecule has 0 spiro atoms. The molecule has 90 valence electrons. The molecule has 0 aliphatic carbocycles. The van der Waals surface area contributed by atoms with Crippen molar-refractivity contribution in [3.05, 3.63) is 35.9 Å². The summed E-state index contributed by atoms with van der Waals surface area (Å²) in [5.41, 5.74) is 1.69. The molecule has 1 rings (SSSR count). The average molecular weight is 248 g/mol. The van der Waals surface area contributed by atoms with Crippen LogP contribution in [0, 0.1) is 23.4 Å². The van der Waals surface area contributed by atoms with Crippen LogP contribution >= 0.6 is 0 Å². The fraction of sp³-hybridized carbons (Fsp3) is 0.286. The second-order valence-corrected chi connectivity index (χ2v) is 5.83. The van der Waals surface area contributed by atoms with Gasteiger partial charge in [-0.15, -0.1) is 12.8 Å². The Labute approximate surface area is 104 Å². The second kappa shape index (κ2) is 6.13. The number of sulfone groups is 1. The molecule has 0 aliphatic rings. The minimum absolute atomic E-state index is 0.293. The maximum Gasteiger partial charge on any atom is 0.283 e. The SMILES string of the molecule is C#CS(=O)(=O)C#C.CC(C)(C)c1ccccc1. The molecule has 0 fully saturated rings. The summed E-state index contributed by atoms with van der Waals surface area (Å²) in [4.78, 5) is 0. The highest BCUT2D eigenvalue weighted by molar-refractivity contribution is 8.00. The van der Waals surface area contributed by atoms with Crippen LogP contribution in [0.2, 0.25) is 0 Å². The smallest absolute Gasteiger partial charge is 0.202 e. The van der Waals surface area contributed by atoms with Gasteiger partial charge in [0.05, 0.1) is 0 Å². The predicted molar refractivity (Wildman–Crippen MR) is 71.7 cm³/mol. The molecule has 0 aliphatic heterocycles. The van der Waals surface area contributed by atoms with Crippen molar-refractivity contribution < 1.29 is 8.42 Å². The molecule has 0 heterocycles. The minimum Gasteiger partial charge on any atom is -0.202 e. The van der Waals surface area contributed by atoms with Crippen molar-refractivity contribution in [2.24, 2.45) is 0 Å². The molecule has 0 atom stereocenters. The van der Waals surface area contributed by atoms with E-state index in [9.17, 15) is 8.42 Å². The monoisotopic (exact) mass is 248 g/mol. The largest absolute Gasteiger partial charge is 0.283 e. The number of benzene rings is 1. The summed E-state index contributed by atoms with van der Waals surface area (Å²) in [6.07, 6.45) is 8.87. The lowest BCUT2D eigenvalue weighted by Crippen LogP contribution is -2.10. The summed E-state index contributed by atoms with van der Waals surface area (Å²) < 4.78 is 19.8. The van der Waals surface area contributed by atoms with Crippen molar-refractivity contribution in [3.8, 4) is 23.4 Å². The van der Waals surface area contributed by atoms with Crippen molar-refractivity contribution in [3.63, 3.8) is 0 Å². The molecule has 17 heavy (non-hydrogen) atoms. The van der Waals surface area contributed by atoms with Crippen LogP contribution in [0.4, 0.5) is 0 Å². The zero-order chi connectivity index (χ0) is 13.5. The van der Waals surface area contributed by atoms with E-state index in [0.29, 0.717) is 5.41 Å². The Morgan fingerprint density at radius 2 is 1.41 bits per heavy atom. The molecule has 0 saturated heterocycles. The van der Waals surface area contributed by atoms with Crippen molar-refractivity contribution in [1.82, 2.24) is 0 Å². The molecule has 1 aromatic rings. The van der Waals surface area contributed by atoms with Gasteiger partial charge in [0.15, 0.2) is 0 Å². The van der Waals surface area contributed by atoms with Crippen LogP contribution in [0.25, 0.3) is 0 Å². The van der Waals surface area contributed by atoms with Gasteiger partial charge in [-0.25, -0.2) is 8.42 Å². The van der Waals surface area contributed by atoms with Crippen LogP contribution in [0.15, 0.2) is 30.3 Å². The predicted octanol–water partition coefficient (Wildman–Crippen LogP) is 2.57. The molecule has 0 unspecified atom stereocenters. The van der Waals surface area contributed by atoms with Gasteiger partial charge >= 0.3 is 0 Å². The molecular formula is C14H16O2S. The van der Waals surface area contributed by atoms with E-state index in [-0.39, 0.29) is 0 Å². The first-order valence-corrected chi connectivity index (χ1v) is 6.46. The van der Waals surface area contributed by atoms with Gasteiger partial charge in [0.25, 0.3) is 9.84 Å². The van der Waals surface area contributed by atoms with Crippen LogP contribution in [0.1, 0.15) is 26.3 Å². The number of rotatable bonds is 0. The van der Waals surface area contributed by atoms with Gasteiger partial charge in [-0.05, 0) is 11.0 Å². The Bertz CT molecular complexity index is 500. The number of terminal acetylenes is 2. The summed E-state index contributed by atoms with van der Waals surface area (Å²) in [5, 5.41) is 2.85. The average Bonchev–Trinajstić information content (AvgIpc) is 2.30. The van der Waals surface area contributed by atoms with Crippen LogP contribution in [-0.2, 0) is 15.3 Å². The van der Waals surface area contributed by atoms with Gasteiger partial charge in [-0.3, -0.25) is 0 Å². The quantitative estimate of drug-likeness (QED) is 0.522. The van der Waals surface area contributed by atoms with E-state index in [1.54, 1.807) is 0 Å². The van der Waals surface area contributed by atoms with E-state index in [1.165, 1.54) is 16.1 Å². The van der Waals surface area contributed by atoms with Crippen LogP contribution in [0.3, 0.4) is 0 Å². The van der Waals surface area contributed by atoms with E-state index < -0.39 is 9.84 Å². The Kier molecular flexibility index (Phi) is 5.51. The van der Waals surface area contributed by atoms with Gasteiger partial charge in [0.1, 0.15) is 0 Å². The number of hydrogen-bond donors (Lipinski definition) is 0. The number of hydrogen-bond acceptors (Lipinski definition) is 2. The third kappa shape index (κ3) is 6.45. The lowest BCUT2D eigenvalue weighted by atomic mass is 9.87. The molecule has 1 aromatic carbocycles. The lowest BCUT2D eigenvalue weighted by Gasteiger charge is -2.18. The Balaban J connectivity index is 0.000000325. The highest BCUT2D eigenvalue weighted by Crippen LogP contribution is 2.20. The highest BCUT2D eigenvalue weighted by atomic mass is 32.2. The molecular weight excluding hydrogens is 232 g/mol. The van der Waals surface area contributed by atoms with Crippen molar-refractivity contribution in [2.75, 3.05) is 0 Å². The minimum atomic E-state index is -3.60. The summed E-state index contributed by atoms with van der Waals surface area (Å²) in [5.74, 6) is 0. The van der Waals surface area contributed by atoms with Crippen molar-refractivity contribution in [1.29, 1.82) is 0 Å². The highest BCUT2D eigenvalue weighted by Gasteiger charge is 2.11. The lowest BCUT2D eigenvalue weighted by molar-refractivity contribution is 0.590. The molecule has 0 radical (unpaired) electrons. The Morgan fingerprint density at radius 1 is 1.00 bits per heavy atom. The van der Waals surface area contributed by atoms with Gasteiger partial charge < -0.3 is 0 Å². The first kappa shape index (κ1) is 15.3. The molecule has 0 saturated carbocycles. The first-order valence-electron chi connectivity index (χ1n) is 4.98. The Hall–Kier alpha value is -1.71. The van der Waals surface area contributed by atoms with Gasteiger partial charge in [-0.1, -0.05) is 51.1 Å². The summed E-state index contributed by atoms with van der Waals surface area (Å²) in [6, 6.07) is 10.6. The zero-order valence-corrected chi connectivity index (χ0v) is 11.1. The fourth-order valence-corrected chi connectivity index (χ4v) is 1.04. The standard InChI is InChI=1S/C10H14.C4H2O2S/c1-10(2,3)9-7-5-4-6-8-9;1-3-7(5,6)4-2/h4-8H,1-3H3;1-2H. The summed E-state index contributed by atoms with van der Waals surface area (Å²) >= 11 is 0. The maximum absolute atomic E-state index is 9.90. The maximum atomic E-state index is 9.90. The normalized spacial score (nSPS) is 10.4. The Morgan fingerprint density at radius 3 is 1.59 bits per heavy atom. The molecule has 3 heteroatoms. The van der Waals surface area contributed by atoms with E-state index in [1.807, 2.05) is 0 Å².